The minimum absolute atomic E-state index is 0.202. The number of fused-ring (bicyclic) bond motifs is 1. The largest absolute Gasteiger partial charge is 0.393 e. The minimum atomic E-state index is -0.283. The lowest BCUT2D eigenvalue weighted by Gasteiger charge is -2.29. The molecule has 3 N–H and O–H groups in total. The molecule has 0 aliphatic carbocycles. The Bertz CT molecular complexity index is 1350. The van der Waals surface area contributed by atoms with E-state index in [0.717, 1.165) is 79.0 Å². The van der Waals surface area contributed by atoms with Crippen molar-refractivity contribution >= 4 is 40.6 Å². The van der Waals surface area contributed by atoms with E-state index in [9.17, 15) is 9.90 Å². The number of hydrogen-bond donors (Lipinski definition) is 3. The maximum atomic E-state index is 13.1. The van der Waals surface area contributed by atoms with Gasteiger partial charge in [0.15, 0.2) is 5.69 Å². The smallest absolute Gasteiger partial charge is 0.276 e. The number of aromatic nitrogens is 3. The molecule has 198 valence electrons. The summed E-state index contributed by atoms with van der Waals surface area (Å²) < 4.78 is 0. The third-order valence-electron chi connectivity index (χ3n) is 7.29. The van der Waals surface area contributed by atoms with Crippen molar-refractivity contribution in [3.8, 4) is 0 Å². The van der Waals surface area contributed by atoms with Gasteiger partial charge in [0.05, 0.1) is 23.5 Å². The van der Waals surface area contributed by atoms with Crippen LogP contribution in [-0.2, 0) is 0 Å². The average Bonchev–Trinajstić information content (AvgIpc) is 3.61. The van der Waals surface area contributed by atoms with Crippen LogP contribution in [0.15, 0.2) is 59.4 Å². The first kappa shape index (κ1) is 25.8. The summed E-state index contributed by atoms with van der Waals surface area (Å²) in [6.45, 7) is 10.2. The first-order valence-corrected chi connectivity index (χ1v) is 13.2. The van der Waals surface area contributed by atoms with Gasteiger partial charge in [-0.2, -0.15) is 5.10 Å². The maximum Gasteiger partial charge on any atom is 0.276 e. The van der Waals surface area contributed by atoms with Gasteiger partial charge in [-0.25, -0.2) is 4.98 Å². The van der Waals surface area contributed by atoms with E-state index < -0.39 is 0 Å². The number of amides is 1. The Morgan fingerprint density at radius 2 is 2.00 bits per heavy atom. The van der Waals surface area contributed by atoms with Crippen molar-refractivity contribution in [3.63, 3.8) is 0 Å². The normalized spacial score (nSPS) is 17.8. The van der Waals surface area contributed by atoms with E-state index in [1.165, 1.54) is 12.8 Å². The maximum absolute atomic E-state index is 13.1. The number of hydrogen-bond acceptors (Lipinski definition) is 7. The summed E-state index contributed by atoms with van der Waals surface area (Å²) in [5, 5.41) is 20.8. The number of aliphatic imine (C=N–C) groups is 1. The zero-order chi connectivity index (χ0) is 26.5. The van der Waals surface area contributed by atoms with Crippen molar-refractivity contribution in [1.29, 1.82) is 0 Å². The first-order chi connectivity index (χ1) is 18.5. The summed E-state index contributed by atoms with van der Waals surface area (Å²) in [4.78, 5) is 26.2. The van der Waals surface area contributed by atoms with Crippen LogP contribution >= 0.6 is 0 Å². The Morgan fingerprint density at radius 3 is 2.71 bits per heavy atom. The highest BCUT2D eigenvalue weighted by Crippen LogP contribution is 2.25. The van der Waals surface area contributed by atoms with E-state index in [-0.39, 0.29) is 12.0 Å². The fourth-order valence-corrected chi connectivity index (χ4v) is 5.15. The zero-order valence-electron chi connectivity index (χ0n) is 21.9. The number of aliphatic hydroxyl groups is 1. The summed E-state index contributed by atoms with van der Waals surface area (Å²) in [7, 11) is 0. The van der Waals surface area contributed by atoms with Gasteiger partial charge >= 0.3 is 0 Å². The van der Waals surface area contributed by atoms with Gasteiger partial charge < -0.3 is 15.3 Å². The molecule has 1 amide bonds. The lowest BCUT2D eigenvalue weighted by atomic mass is 10.0. The minimum Gasteiger partial charge on any atom is -0.393 e. The zero-order valence-corrected chi connectivity index (χ0v) is 21.9. The van der Waals surface area contributed by atoms with Crippen LogP contribution in [0.2, 0.25) is 0 Å². The van der Waals surface area contributed by atoms with Crippen LogP contribution in [0.5, 0.6) is 0 Å². The number of aromatic amines is 1. The van der Waals surface area contributed by atoms with Gasteiger partial charge in [-0.3, -0.25) is 19.8 Å². The van der Waals surface area contributed by atoms with E-state index in [1.54, 1.807) is 12.4 Å². The Kier molecular flexibility index (Phi) is 7.95. The van der Waals surface area contributed by atoms with Gasteiger partial charge in [-0.05, 0) is 80.3 Å². The molecular formula is C29H35N7O2. The number of nitrogens with one attached hydrogen (secondary N) is 2. The van der Waals surface area contributed by atoms with E-state index in [2.05, 4.69) is 48.1 Å². The number of carbonyl (C=O) groups excluding carboxylic acids is 1. The van der Waals surface area contributed by atoms with Crippen molar-refractivity contribution in [2.24, 2.45) is 4.99 Å². The number of aliphatic hydroxyl groups excluding tert-OH is 1. The van der Waals surface area contributed by atoms with E-state index in [0.29, 0.717) is 11.4 Å². The summed E-state index contributed by atoms with van der Waals surface area (Å²) in [6, 6.07) is 9.79. The van der Waals surface area contributed by atoms with Crippen molar-refractivity contribution < 1.29 is 9.90 Å². The van der Waals surface area contributed by atoms with Gasteiger partial charge in [0, 0.05) is 44.3 Å². The quantitative estimate of drug-likeness (QED) is 0.307. The third-order valence-corrected chi connectivity index (χ3v) is 7.29. The highest BCUT2D eigenvalue weighted by Gasteiger charge is 2.19. The Morgan fingerprint density at radius 1 is 1.21 bits per heavy atom. The number of allylic oxidation sites excluding steroid dienone is 1. The number of nitrogens with zero attached hydrogens (tertiary/aromatic N) is 5. The monoisotopic (exact) mass is 513 g/mol. The Hall–Kier alpha value is -3.82. The number of H-pyrrole nitrogens is 1. The number of benzene rings is 1. The predicted octanol–water partition coefficient (Wildman–Crippen LogP) is 4.25. The standard InChI is InChI=1S/C29H35N7O2/c1-20(15-21(17-30-2)19-35-13-9-24(37)10-14-35)22-5-7-26-25(16-22)28(34-33-26)29(38)32-23-6-8-27(31-18-23)36-11-3-4-12-36/h5-8,15-18,24,37H,2-4,9-14,19H2,1H3,(H,32,38)(H,33,34)/b20-15+,21-17+. The van der Waals surface area contributed by atoms with Crippen LogP contribution in [0.4, 0.5) is 11.5 Å². The fourth-order valence-electron chi connectivity index (χ4n) is 5.15. The molecule has 0 unspecified atom stereocenters. The van der Waals surface area contributed by atoms with Crippen molar-refractivity contribution in [3.05, 3.63) is 65.6 Å². The van der Waals surface area contributed by atoms with Crippen LogP contribution in [0.25, 0.3) is 16.5 Å². The van der Waals surface area contributed by atoms with E-state index in [1.807, 2.05) is 37.3 Å². The molecule has 3 aromatic rings. The third kappa shape index (κ3) is 6.00. The number of carbonyl (C=O) groups is 1. The number of rotatable bonds is 8. The average molecular weight is 514 g/mol. The van der Waals surface area contributed by atoms with E-state index in [4.69, 9.17) is 0 Å². The lowest BCUT2D eigenvalue weighted by Crippen LogP contribution is -2.36. The molecule has 0 spiro atoms. The summed E-state index contributed by atoms with van der Waals surface area (Å²) in [6.07, 6.45) is 9.35. The predicted molar refractivity (Wildman–Crippen MR) is 153 cm³/mol. The molecule has 5 rings (SSSR count). The second kappa shape index (κ2) is 11.7. The molecule has 9 heteroatoms. The molecule has 0 radical (unpaired) electrons. The Labute approximate surface area is 223 Å². The lowest BCUT2D eigenvalue weighted by molar-refractivity contribution is 0.0872. The topological polar surface area (TPSA) is 110 Å². The number of piperidine rings is 1. The fraction of sp³-hybridized carbons (Fsp3) is 0.379. The van der Waals surface area contributed by atoms with Crippen molar-refractivity contribution in [1.82, 2.24) is 20.1 Å². The molecule has 4 heterocycles. The van der Waals surface area contributed by atoms with Gasteiger partial charge in [-0.15, -0.1) is 0 Å². The number of anilines is 2. The molecule has 2 saturated heterocycles. The van der Waals surface area contributed by atoms with Gasteiger partial charge in [-0.1, -0.05) is 12.1 Å². The number of pyridine rings is 1. The molecule has 2 fully saturated rings. The molecule has 2 aromatic heterocycles. The molecule has 1 aromatic carbocycles. The van der Waals surface area contributed by atoms with Crippen LogP contribution in [-0.4, -0.2) is 76.6 Å². The molecule has 0 bridgehead atoms. The van der Waals surface area contributed by atoms with Crippen molar-refractivity contribution in [2.45, 2.75) is 38.7 Å². The molecule has 2 aliphatic heterocycles. The molecular weight excluding hydrogens is 478 g/mol. The van der Waals surface area contributed by atoms with Crippen LogP contribution < -0.4 is 10.2 Å². The second-order valence-electron chi connectivity index (χ2n) is 10.1. The van der Waals surface area contributed by atoms with Gasteiger partial charge in [0.25, 0.3) is 5.91 Å². The van der Waals surface area contributed by atoms with Gasteiger partial charge in [0.1, 0.15) is 5.82 Å². The van der Waals surface area contributed by atoms with Gasteiger partial charge in [0.2, 0.25) is 0 Å². The highest BCUT2D eigenvalue weighted by molar-refractivity contribution is 6.11. The first-order valence-electron chi connectivity index (χ1n) is 13.2. The van der Waals surface area contributed by atoms with Crippen LogP contribution in [0.1, 0.15) is 48.7 Å². The van der Waals surface area contributed by atoms with Crippen LogP contribution in [0.3, 0.4) is 0 Å². The highest BCUT2D eigenvalue weighted by atomic mass is 16.3. The molecule has 0 saturated carbocycles. The SMILES string of the molecule is C=N/C=C(\C=C(/C)c1ccc2[nH]nc(C(=O)Nc3ccc(N4CCCC4)nc3)c2c1)CN1CCC(O)CC1. The molecule has 0 atom stereocenters. The molecule has 38 heavy (non-hydrogen) atoms. The summed E-state index contributed by atoms with van der Waals surface area (Å²) >= 11 is 0. The second-order valence-corrected chi connectivity index (χ2v) is 10.1. The van der Waals surface area contributed by atoms with Crippen molar-refractivity contribution in [2.75, 3.05) is 42.9 Å². The Balaban J connectivity index is 1.31. The summed E-state index contributed by atoms with van der Waals surface area (Å²) in [5.41, 5.74) is 4.86. The van der Waals surface area contributed by atoms with Crippen LogP contribution in [0, 0.1) is 0 Å². The van der Waals surface area contributed by atoms with E-state index >= 15 is 0 Å². The molecule has 9 nitrogen and oxygen atoms in total. The summed E-state index contributed by atoms with van der Waals surface area (Å²) in [5.74, 6) is 0.657. The number of likely N-dealkylation sites (tertiary alicyclic amines) is 1. The molecule has 2 aliphatic rings.